The van der Waals surface area contributed by atoms with Crippen molar-refractivity contribution in [2.45, 2.75) is 39.2 Å². The minimum atomic E-state index is -0.419. The maximum Gasteiger partial charge on any atom is 0.341 e. The predicted molar refractivity (Wildman–Crippen MR) is 79.1 cm³/mol. The molecule has 0 aliphatic heterocycles. The van der Waals surface area contributed by atoms with Crippen LogP contribution in [0.3, 0.4) is 0 Å². The molecule has 1 amide bonds. The summed E-state index contributed by atoms with van der Waals surface area (Å²) in [7, 11) is 1.34. The molecule has 0 bridgehead atoms. The first-order chi connectivity index (χ1) is 9.45. The number of methoxy groups -OCH3 is 1. The third-order valence-corrected chi connectivity index (χ3v) is 5.04. The molecule has 1 aliphatic rings. The predicted octanol–water partition coefficient (Wildman–Crippen LogP) is 2.22. The Morgan fingerprint density at radius 1 is 1.35 bits per heavy atom. The second kappa shape index (κ2) is 5.93. The van der Waals surface area contributed by atoms with E-state index in [0.717, 1.165) is 29.7 Å². The fourth-order valence-electron chi connectivity index (χ4n) is 2.58. The Kier molecular flexibility index (Phi) is 4.45. The lowest BCUT2D eigenvalue weighted by molar-refractivity contribution is -0.120. The number of aryl methyl sites for hydroxylation is 1. The molecular formula is C14H20N2O3S. The second-order valence-electron chi connectivity index (χ2n) is 5.17. The first-order valence-corrected chi connectivity index (χ1v) is 7.52. The summed E-state index contributed by atoms with van der Waals surface area (Å²) in [6.45, 7) is 3.78. The van der Waals surface area contributed by atoms with Gasteiger partial charge >= 0.3 is 5.97 Å². The van der Waals surface area contributed by atoms with Crippen molar-refractivity contribution >= 4 is 28.2 Å². The molecule has 5 nitrogen and oxygen atoms in total. The smallest absolute Gasteiger partial charge is 0.341 e. The first kappa shape index (κ1) is 15.0. The molecular weight excluding hydrogens is 276 g/mol. The number of anilines is 1. The number of nitrogens with one attached hydrogen (secondary N) is 1. The topological polar surface area (TPSA) is 81.4 Å². The Morgan fingerprint density at radius 2 is 2.05 bits per heavy atom. The van der Waals surface area contributed by atoms with Crippen molar-refractivity contribution in [1.82, 2.24) is 0 Å². The monoisotopic (exact) mass is 296 g/mol. The molecule has 1 aromatic rings. The van der Waals surface area contributed by atoms with Crippen LogP contribution in [-0.4, -0.2) is 25.0 Å². The quantitative estimate of drug-likeness (QED) is 0.838. The van der Waals surface area contributed by atoms with Crippen molar-refractivity contribution in [2.75, 3.05) is 12.4 Å². The molecule has 1 saturated carbocycles. The van der Waals surface area contributed by atoms with E-state index >= 15 is 0 Å². The number of thiophene rings is 1. The first-order valence-electron chi connectivity index (χ1n) is 6.70. The van der Waals surface area contributed by atoms with E-state index in [1.54, 1.807) is 0 Å². The van der Waals surface area contributed by atoms with Crippen molar-refractivity contribution in [1.29, 1.82) is 0 Å². The van der Waals surface area contributed by atoms with Gasteiger partial charge in [0.15, 0.2) is 0 Å². The number of nitrogens with two attached hydrogens (primary N) is 1. The van der Waals surface area contributed by atoms with Crippen molar-refractivity contribution in [3.05, 3.63) is 16.0 Å². The molecule has 20 heavy (non-hydrogen) atoms. The molecule has 2 atom stereocenters. The second-order valence-corrected chi connectivity index (χ2v) is 6.39. The summed E-state index contributed by atoms with van der Waals surface area (Å²) >= 11 is 1.40. The van der Waals surface area contributed by atoms with Gasteiger partial charge in [-0.25, -0.2) is 4.79 Å². The van der Waals surface area contributed by atoms with Crippen molar-refractivity contribution in [3.8, 4) is 0 Å². The average molecular weight is 296 g/mol. The Hall–Kier alpha value is -1.40. The number of amides is 1. The Morgan fingerprint density at radius 3 is 2.60 bits per heavy atom. The number of carbonyl (C=O) groups is 2. The average Bonchev–Trinajstić information content (AvgIpc) is 2.94. The van der Waals surface area contributed by atoms with Crippen LogP contribution < -0.4 is 11.1 Å². The van der Waals surface area contributed by atoms with E-state index in [1.807, 2.05) is 13.8 Å². The molecule has 1 heterocycles. The molecule has 2 rings (SSSR count). The van der Waals surface area contributed by atoms with Crippen molar-refractivity contribution < 1.29 is 14.3 Å². The van der Waals surface area contributed by atoms with Gasteiger partial charge in [0.25, 0.3) is 0 Å². The van der Waals surface area contributed by atoms with Crippen LogP contribution in [0.15, 0.2) is 0 Å². The van der Waals surface area contributed by atoms with Crippen LogP contribution in [0.5, 0.6) is 0 Å². The number of carbonyl (C=O) groups excluding carboxylic acids is 2. The molecule has 110 valence electrons. The summed E-state index contributed by atoms with van der Waals surface area (Å²) in [6.07, 6.45) is 2.67. The normalized spacial score (nSPS) is 21.8. The summed E-state index contributed by atoms with van der Waals surface area (Å²) in [5.74, 6) is -0.678. The van der Waals surface area contributed by atoms with Crippen LogP contribution in [-0.2, 0) is 9.53 Å². The Balaban J connectivity index is 2.23. The van der Waals surface area contributed by atoms with Crippen LogP contribution >= 0.6 is 11.3 Å². The van der Waals surface area contributed by atoms with Gasteiger partial charge in [0, 0.05) is 10.9 Å². The number of esters is 1. The van der Waals surface area contributed by atoms with Crippen molar-refractivity contribution in [2.24, 2.45) is 11.7 Å². The van der Waals surface area contributed by atoms with Crippen LogP contribution in [0.4, 0.5) is 5.00 Å². The molecule has 3 N–H and O–H groups in total. The van der Waals surface area contributed by atoms with E-state index < -0.39 is 5.97 Å². The van der Waals surface area contributed by atoms with Gasteiger partial charge in [-0.15, -0.1) is 11.3 Å². The SMILES string of the molecule is COC(=O)c1c(NC(=O)C2CCCC2N)sc(C)c1C. The third kappa shape index (κ3) is 2.71. The van der Waals surface area contributed by atoms with Crippen molar-refractivity contribution in [3.63, 3.8) is 0 Å². The Labute approximate surface area is 122 Å². The molecule has 0 aromatic carbocycles. The lowest BCUT2D eigenvalue weighted by Crippen LogP contribution is -2.34. The molecule has 0 radical (unpaired) electrons. The minimum Gasteiger partial charge on any atom is -0.465 e. The highest BCUT2D eigenvalue weighted by molar-refractivity contribution is 7.16. The zero-order chi connectivity index (χ0) is 14.9. The van der Waals surface area contributed by atoms with E-state index in [9.17, 15) is 9.59 Å². The molecule has 1 aliphatic carbocycles. The molecule has 1 aromatic heterocycles. The van der Waals surface area contributed by atoms with Gasteiger partial charge in [-0.3, -0.25) is 4.79 Å². The van der Waals surface area contributed by atoms with Crippen LogP contribution in [0.1, 0.15) is 40.1 Å². The summed E-state index contributed by atoms with van der Waals surface area (Å²) in [4.78, 5) is 25.1. The summed E-state index contributed by atoms with van der Waals surface area (Å²) < 4.78 is 4.79. The zero-order valence-corrected chi connectivity index (χ0v) is 12.8. The minimum absolute atomic E-state index is 0.0845. The van der Waals surface area contributed by atoms with Gasteiger partial charge in [-0.05, 0) is 32.3 Å². The number of ether oxygens (including phenoxy) is 1. The lowest BCUT2D eigenvalue weighted by atomic mass is 10.0. The molecule has 0 spiro atoms. The van der Waals surface area contributed by atoms with Gasteiger partial charge in [0.2, 0.25) is 5.91 Å². The number of hydrogen-bond donors (Lipinski definition) is 2. The van der Waals surface area contributed by atoms with Gasteiger partial charge in [0.05, 0.1) is 18.6 Å². The standard InChI is InChI=1S/C14H20N2O3S/c1-7-8(2)20-13(11(7)14(18)19-3)16-12(17)9-5-4-6-10(9)15/h9-10H,4-6,15H2,1-3H3,(H,16,17). The highest BCUT2D eigenvalue weighted by atomic mass is 32.1. The van der Waals surface area contributed by atoms with Crippen LogP contribution in [0.2, 0.25) is 0 Å². The van der Waals surface area contributed by atoms with E-state index in [1.165, 1.54) is 18.4 Å². The Bertz CT molecular complexity index is 539. The molecule has 0 saturated heterocycles. The number of rotatable bonds is 3. The fraction of sp³-hybridized carbons (Fsp3) is 0.571. The van der Waals surface area contributed by atoms with Gasteiger partial charge < -0.3 is 15.8 Å². The largest absolute Gasteiger partial charge is 0.465 e. The van der Waals surface area contributed by atoms with E-state index in [2.05, 4.69) is 5.32 Å². The van der Waals surface area contributed by atoms with E-state index in [0.29, 0.717) is 10.6 Å². The maximum atomic E-state index is 12.3. The molecule has 2 unspecified atom stereocenters. The molecule has 1 fully saturated rings. The van der Waals surface area contributed by atoms with Crippen LogP contribution in [0, 0.1) is 19.8 Å². The third-order valence-electron chi connectivity index (χ3n) is 3.92. The highest BCUT2D eigenvalue weighted by Gasteiger charge is 2.31. The summed E-state index contributed by atoms with van der Waals surface area (Å²) in [6, 6.07) is -0.0845. The molecule has 6 heteroatoms. The van der Waals surface area contributed by atoms with E-state index in [-0.39, 0.29) is 17.9 Å². The maximum absolute atomic E-state index is 12.3. The lowest BCUT2D eigenvalue weighted by Gasteiger charge is -2.15. The van der Waals surface area contributed by atoms with Gasteiger partial charge in [-0.1, -0.05) is 6.42 Å². The van der Waals surface area contributed by atoms with Gasteiger partial charge in [0.1, 0.15) is 5.00 Å². The van der Waals surface area contributed by atoms with E-state index in [4.69, 9.17) is 10.5 Å². The van der Waals surface area contributed by atoms with Gasteiger partial charge in [-0.2, -0.15) is 0 Å². The number of hydrogen-bond acceptors (Lipinski definition) is 5. The summed E-state index contributed by atoms with van der Waals surface area (Å²) in [5.41, 5.74) is 7.25. The highest BCUT2D eigenvalue weighted by Crippen LogP contribution is 2.34. The fourth-order valence-corrected chi connectivity index (χ4v) is 3.63. The summed E-state index contributed by atoms with van der Waals surface area (Å²) in [5, 5.41) is 3.42. The zero-order valence-electron chi connectivity index (χ0n) is 12.0. The van der Waals surface area contributed by atoms with Crippen LogP contribution in [0.25, 0.3) is 0 Å².